The van der Waals surface area contributed by atoms with Crippen LogP contribution < -0.4 is 11.4 Å². The molecule has 2 saturated carbocycles. The van der Waals surface area contributed by atoms with Gasteiger partial charge < -0.3 is 5.73 Å². The van der Waals surface area contributed by atoms with Crippen LogP contribution in [0.25, 0.3) is 0 Å². The molecule has 0 spiro atoms. The fourth-order valence-electron chi connectivity index (χ4n) is 3.24. The number of H-pyrrole nitrogens is 1. The summed E-state index contributed by atoms with van der Waals surface area (Å²) in [6, 6.07) is 0.561. The van der Waals surface area contributed by atoms with Gasteiger partial charge in [0, 0.05) is 17.3 Å². The molecule has 3 rings (SSSR count). The van der Waals surface area contributed by atoms with Gasteiger partial charge in [-0.25, -0.2) is 9.89 Å². The molecule has 5 nitrogen and oxygen atoms in total. The Labute approximate surface area is 117 Å². The van der Waals surface area contributed by atoms with Crippen molar-refractivity contribution in [2.24, 2.45) is 17.6 Å². The predicted molar refractivity (Wildman–Crippen MR) is 76.3 cm³/mol. The molecule has 0 radical (unpaired) electrons. The van der Waals surface area contributed by atoms with Crippen LogP contribution in [0.3, 0.4) is 0 Å². The third kappa shape index (κ3) is 2.60. The van der Waals surface area contributed by atoms with Crippen LogP contribution in [0.1, 0.15) is 45.6 Å². The van der Waals surface area contributed by atoms with E-state index in [4.69, 9.17) is 5.73 Å². The molecule has 3 N–H and O–H groups in total. The second kappa shape index (κ2) is 4.98. The smallest absolute Gasteiger partial charge is 0.327 e. The number of rotatable bonds is 3. The van der Waals surface area contributed by atoms with E-state index in [1.165, 1.54) is 6.42 Å². The van der Waals surface area contributed by atoms with Crippen LogP contribution >= 0.6 is 11.8 Å². The second-order valence-corrected chi connectivity index (χ2v) is 7.36. The molecule has 0 aromatic carbocycles. The molecule has 106 valence electrons. The van der Waals surface area contributed by atoms with E-state index >= 15 is 0 Å². The Balaban J connectivity index is 1.79. The van der Waals surface area contributed by atoms with Gasteiger partial charge >= 0.3 is 5.69 Å². The zero-order chi connectivity index (χ0) is 13.6. The maximum absolute atomic E-state index is 11.8. The number of nitrogens with two attached hydrogens (primary N) is 1. The lowest BCUT2D eigenvalue weighted by molar-refractivity contribution is 0.279. The number of hydrogen-bond donors (Lipinski definition) is 2. The zero-order valence-electron chi connectivity index (χ0n) is 11.5. The summed E-state index contributed by atoms with van der Waals surface area (Å²) in [5.74, 6) is 1.27. The number of nitrogens with zero attached hydrogens (tertiary/aromatic N) is 2. The zero-order valence-corrected chi connectivity index (χ0v) is 12.3. The molecule has 1 aromatic rings. The monoisotopic (exact) mass is 282 g/mol. The Kier molecular flexibility index (Phi) is 3.47. The Morgan fingerprint density at radius 2 is 2.11 bits per heavy atom. The van der Waals surface area contributed by atoms with Crippen molar-refractivity contribution in [3.8, 4) is 0 Å². The summed E-state index contributed by atoms with van der Waals surface area (Å²) in [7, 11) is 0. The van der Waals surface area contributed by atoms with Crippen molar-refractivity contribution < 1.29 is 0 Å². The SMILES string of the molecule is CC1CC(C)C(Sc2n[nH]c(=O)n2C2CC2)C(N)C1. The summed E-state index contributed by atoms with van der Waals surface area (Å²) >= 11 is 1.69. The van der Waals surface area contributed by atoms with Crippen molar-refractivity contribution in [1.29, 1.82) is 0 Å². The summed E-state index contributed by atoms with van der Waals surface area (Å²) in [6.45, 7) is 4.53. The molecule has 2 fully saturated rings. The summed E-state index contributed by atoms with van der Waals surface area (Å²) in [4.78, 5) is 11.8. The van der Waals surface area contributed by atoms with E-state index in [0.29, 0.717) is 23.1 Å². The second-order valence-electron chi connectivity index (χ2n) is 6.21. The Bertz CT molecular complexity index is 495. The maximum Gasteiger partial charge on any atom is 0.344 e. The fourth-order valence-corrected chi connectivity index (χ4v) is 4.56. The molecular formula is C13H22N4OS. The van der Waals surface area contributed by atoms with E-state index in [2.05, 4.69) is 24.0 Å². The van der Waals surface area contributed by atoms with Gasteiger partial charge in [-0.05, 0) is 37.5 Å². The normalized spacial score (nSPS) is 35.5. The van der Waals surface area contributed by atoms with Gasteiger partial charge in [0.15, 0.2) is 5.16 Å². The van der Waals surface area contributed by atoms with Gasteiger partial charge in [0.1, 0.15) is 0 Å². The molecule has 0 saturated heterocycles. The lowest BCUT2D eigenvalue weighted by Gasteiger charge is -2.36. The highest BCUT2D eigenvalue weighted by Gasteiger charge is 2.35. The van der Waals surface area contributed by atoms with Crippen LogP contribution in [-0.2, 0) is 0 Å². The van der Waals surface area contributed by atoms with Crippen molar-refractivity contribution in [3.63, 3.8) is 0 Å². The topological polar surface area (TPSA) is 76.7 Å². The van der Waals surface area contributed by atoms with E-state index in [1.54, 1.807) is 11.8 Å². The van der Waals surface area contributed by atoms with E-state index in [0.717, 1.165) is 24.4 Å². The van der Waals surface area contributed by atoms with Gasteiger partial charge in [0.05, 0.1) is 0 Å². The summed E-state index contributed by atoms with van der Waals surface area (Å²) in [5.41, 5.74) is 6.24. The molecule has 0 amide bonds. The highest BCUT2D eigenvalue weighted by Crippen LogP contribution is 2.41. The largest absolute Gasteiger partial charge is 0.344 e. The third-order valence-electron chi connectivity index (χ3n) is 4.26. The van der Waals surface area contributed by atoms with E-state index < -0.39 is 0 Å². The molecule has 4 unspecified atom stereocenters. The van der Waals surface area contributed by atoms with Crippen molar-refractivity contribution in [2.75, 3.05) is 0 Å². The van der Waals surface area contributed by atoms with Crippen LogP contribution in [0.5, 0.6) is 0 Å². The average molecular weight is 282 g/mol. The molecule has 1 aromatic heterocycles. The average Bonchev–Trinajstić information content (AvgIpc) is 3.09. The van der Waals surface area contributed by atoms with Crippen molar-refractivity contribution >= 4 is 11.8 Å². The Morgan fingerprint density at radius 1 is 1.37 bits per heavy atom. The van der Waals surface area contributed by atoms with E-state index in [-0.39, 0.29) is 11.7 Å². The van der Waals surface area contributed by atoms with Crippen LogP contribution in [-0.4, -0.2) is 26.1 Å². The third-order valence-corrected chi connectivity index (χ3v) is 5.84. The minimum Gasteiger partial charge on any atom is -0.327 e. The molecule has 6 heteroatoms. The first-order valence-corrected chi connectivity index (χ1v) is 8.03. The number of aromatic amines is 1. The van der Waals surface area contributed by atoms with Crippen LogP contribution in [0.4, 0.5) is 0 Å². The molecule has 19 heavy (non-hydrogen) atoms. The quantitative estimate of drug-likeness (QED) is 0.885. The van der Waals surface area contributed by atoms with Crippen molar-refractivity contribution in [3.05, 3.63) is 10.5 Å². The van der Waals surface area contributed by atoms with Gasteiger partial charge in [-0.15, -0.1) is 5.10 Å². The summed E-state index contributed by atoms with van der Waals surface area (Å²) in [5, 5.41) is 7.97. The van der Waals surface area contributed by atoms with Crippen LogP contribution in [0.15, 0.2) is 9.95 Å². The lowest BCUT2D eigenvalue weighted by atomic mass is 9.80. The maximum atomic E-state index is 11.8. The first kappa shape index (κ1) is 13.2. The van der Waals surface area contributed by atoms with Crippen molar-refractivity contribution in [2.45, 2.75) is 62.0 Å². The van der Waals surface area contributed by atoms with Crippen LogP contribution in [0.2, 0.25) is 0 Å². The first-order chi connectivity index (χ1) is 9.06. The van der Waals surface area contributed by atoms with Crippen molar-refractivity contribution in [1.82, 2.24) is 14.8 Å². The molecule has 4 atom stereocenters. The van der Waals surface area contributed by atoms with E-state index in [9.17, 15) is 4.79 Å². The highest BCUT2D eigenvalue weighted by atomic mass is 32.2. The predicted octanol–water partition coefficient (Wildman–Crippen LogP) is 1.76. The minimum atomic E-state index is -0.0737. The first-order valence-electron chi connectivity index (χ1n) is 7.15. The van der Waals surface area contributed by atoms with Gasteiger partial charge in [0.25, 0.3) is 0 Å². The lowest BCUT2D eigenvalue weighted by Crippen LogP contribution is -2.43. The molecule has 2 aliphatic rings. The number of nitrogens with one attached hydrogen (secondary N) is 1. The molecule has 0 aliphatic heterocycles. The standard InChI is InChI=1S/C13H22N4OS/c1-7-5-8(2)11(10(14)6-7)19-13-16-15-12(18)17(13)9-3-4-9/h7-11H,3-6,14H2,1-2H3,(H,15,18). The number of thioether (sulfide) groups is 1. The highest BCUT2D eigenvalue weighted by molar-refractivity contribution is 7.99. The minimum absolute atomic E-state index is 0.0737. The molecule has 2 aliphatic carbocycles. The Hall–Kier alpha value is -0.750. The van der Waals surface area contributed by atoms with Gasteiger partial charge in [-0.3, -0.25) is 4.57 Å². The van der Waals surface area contributed by atoms with Gasteiger partial charge in [0.2, 0.25) is 0 Å². The number of aromatic nitrogens is 3. The molecular weight excluding hydrogens is 260 g/mol. The van der Waals surface area contributed by atoms with Gasteiger partial charge in [-0.1, -0.05) is 25.6 Å². The van der Waals surface area contributed by atoms with Crippen LogP contribution in [0, 0.1) is 11.8 Å². The number of hydrogen-bond acceptors (Lipinski definition) is 4. The van der Waals surface area contributed by atoms with E-state index in [1.807, 2.05) is 4.57 Å². The Morgan fingerprint density at radius 3 is 2.74 bits per heavy atom. The molecule has 1 heterocycles. The fraction of sp³-hybridized carbons (Fsp3) is 0.846. The summed E-state index contributed by atoms with van der Waals surface area (Å²) < 4.78 is 1.82. The summed E-state index contributed by atoms with van der Waals surface area (Å²) in [6.07, 6.45) is 4.47. The molecule has 0 bridgehead atoms. The van der Waals surface area contributed by atoms with Gasteiger partial charge in [-0.2, -0.15) is 0 Å².